The number of benzene rings is 1. The van der Waals surface area contributed by atoms with Gasteiger partial charge in [-0.3, -0.25) is 9.59 Å². The summed E-state index contributed by atoms with van der Waals surface area (Å²) in [4.78, 5) is 28.7. The van der Waals surface area contributed by atoms with Crippen molar-refractivity contribution < 1.29 is 22.7 Å². The molecule has 9 heteroatoms. The first kappa shape index (κ1) is 21.7. The average molecular weight is 424 g/mol. The molecule has 1 aromatic carbocycles. The molecule has 2 heterocycles. The first-order valence-electron chi connectivity index (χ1n) is 9.84. The summed E-state index contributed by atoms with van der Waals surface area (Å²) in [5, 5.41) is -0.489. The Bertz CT molecular complexity index is 861. The van der Waals surface area contributed by atoms with Crippen LogP contribution in [0.2, 0.25) is 0 Å². The van der Waals surface area contributed by atoms with E-state index in [-0.39, 0.29) is 31.5 Å². The Morgan fingerprint density at radius 3 is 2.24 bits per heavy atom. The van der Waals surface area contributed by atoms with Crippen LogP contribution in [0.15, 0.2) is 24.3 Å². The minimum absolute atomic E-state index is 0.142. The van der Waals surface area contributed by atoms with Crippen LogP contribution in [0.1, 0.15) is 31.0 Å². The number of carbonyl (C=O) groups excluding carboxylic acids is 2. The lowest BCUT2D eigenvalue weighted by Gasteiger charge is -2.42. The number of likely N-dealkylation sites (N-methyl/N-ethyl adjacent to an activating group) is 1. The Hall–Kier alpha value is -1.97. The van der Waals surface area contributed by atoms with Crippen LogP contribution in [0.25, 0.3) is 0 Å². The molecular formula is C20H29N3O5S. The minimum Gasteiger partial charge on any atom is -0.356 e. The van der Waals surface area contributed by atoms with Crippen molar-refractivity contribution in [1.29, 1.82) is 0 Å². The van der Waals surface area contributed by atoms with E-state index >= 15 is 0 Å². The predicted molar refractivity (Wildman–Crippen MR) is 109 cm³/mol. The number of aryl methyl sites for hydroxylation is 1. The van der Waals surface area contributed by atoms with Crippen molar-refractivity contribution in [1.82, 2.24) is 14.1 Å². The SMILES string of the molecule is Cc1ccc([C@H]2[C@H](C(=O)N3CCN(S(=O)(=O)C(C)C)CC3)OCC(=O)N2C)cc1. The van der Waals surface area contributed by atoms with E-state index in [1.807, 2.05) is 31.2 Å². The first-order valence-corrected chi connectivity index (χ1v) is 11.3. The summed E-state index contributed by atoms with van der Waals surface area (Å²) in [7, 11) is -1.65. The third-order valence-corrected chi connectivity index (χ3v) is 7.93. The van der Waals surface area contributed by atoms with Crippen molar-refractivity contribution >= 4 is 21.8 Å². The number of carbonyl (C=O) groups is 2. The Kier molecular flexibility index (Phi) is 6.30. The zero-order valence-electron chi connectivity index (χ0n) is 17.4. The molecule has 0 unspecified atom stereocenters. The number of morpholine rings is 1. The molecule has 0 saturated carbocycles. The second-order valence-electron chi connectivity index (χ2n) is 7.91. The van der Waals surface area contributed by atoms with Crippen LogP contribution < -0.4 is 0 Å². The molecule has 2 saturated heterocycles. The van der Waals surface area contributed by atoms with E-state index < -0.39 is 27.4 Å². The Morgan fingerprint density at radius 1 is 1.10 bits per heavy atom. The van der Waals surface area contributed by atoms with Crippen LogP contribution in [0, 0.1) is 6.92 Å². The monoisotopic (exact) mass is 423 g/mol. The van der Waals surface area contributed by atoms with Crippen LogP contribution in [-0.2, 0) is 24.3 Å². The molecule has 2 fully saturated rings. The maximum absolute atomic E-state index is 13.2. The van der Waals surface area contributed by atoms with E-state index in [4.69, 9.17) is 4.74 Å². The molecule has 0 bridgehead atoms. The van der Waals surface area contributed by atoms with Gasteiger partial charge in [0.15, 0.2) is 6.10 Å². The van der Waals surface area contributed by atoms with Gasteiger partial charge in [-0.15, -0.1) is 0 Å². The Balaban J connectivity index is 1.77. The van der Waals surface area contributed by atoms with Crippen LogP contribution in [0.3, 0.4) is 0 Å². The molecule has 2 aliphatic heterocycles. The van der Waals surface area contributed by atoms with Crippen molar-refractivity contribution in [3.8, 4) is 0 Å². The summed E-state index contributed by atoms with van der Waals surface area (Å²) in [6.45, 7) is 6.29. The lowest BCUT2D eigenvalue weighted by Crippen LogP contribution is -2.58. The summed E-state index contributed by atoms with van der Waals surface area (Å²) in [5.41, 5.74) is 1.93. The second kappa shape index (κ2) is 8.41. The van der Waals surface area contributed by atoms with Gasteiger partial charge < -0.3 is 14.5 Å². The topological polar surface area (TPSA) is 87.2 Å². The van der Waals surface area contributed by atoms with Crippen molar-refractivity contribution in [2.75, 3.05) is 39.8 Å². The van der Waals surface area contributed by atoms with Crippen molar-refractivity contribution in [3.63, 3.8) is 0 Å². The number of rotatable bonds is 4. The molecule has 160 valence electrons. The molecular weight excluding hydrogens is 394 g/mol. The van der Waals surface area contributed by atoms with Crippen molar-refractivity contribution in [3.05, 3.63) is 35.4 Å². The number of ether oxygens (including phenoxy) is 1. The highest BCUT2D eigenvalue weighted by atomic mass is 32.2. The number of sulfonamides is 1. The third kappa shape index (κ3) is 4.31. The minimum atomic E-state index is -3.34. The third-order valence-electron chi connectivity index (χ3n) is 5.65. The average Bonchev–Trinajstić information content (AvgIpc) is 2.70. The van der Waals surface area contributed by atoms with Gasteiger partial charge in [-0.05, 0) is 26.3 Å². The molecule has 8 nitrogen and oxygen atoms in total. The second-order valence-corrected chi connectivity index (χ2v) is 10.4. The molecule has 0 aromatic heterocycles. The van der Waals surface area contributed by atoms with Crippen LogP contribution in [0.5, 0.6) is 0 Å². The quantitative estimate of drug-likeness (QED) is 0.714. The highest BCUT2D eigenvalue weighted by molar-refractivity contribution is 7.89. The fourth-order valence-corrected chi connectivity index (χ4v) is 4.99. The van der Waals surface area contributed by atoms with Crippen molar-refractivity contribution in [2.24, 2.45) is 0 Å². The standard InChI is InChI=1S/C20H29N3O5S/c1-14(2)29(26,27)23-11-9-22(10-12-23)20(25)19-18(21(4)17(24)13-28-19)16-7-5-15(3)6-8-16/h5-8,14,18-19H,9-13H2,1-4H3/t18-,19+/m0/s1. The molecule has 29 heavy (non-hydrogen) atoms. The molecule has 0 N–H and O–H groups in total. The molecule has 1 aromatic rings. The summed E-state index contributed by atoms with van der Waals surface area (Å²) < 4.78 is 31.9. The summed E-state index contributed by atoms with van der Waals surface area (Å²) >= 11 is 0. The molecule has 0 radical (unpaired) electrons. The van der Waals surface area contributed by atoms with Gasteiger partial charge in [-0.2, -0.15) is 4.31 Å². The van der Waals surface area contributed by atoms with Gasteiger partial charge in [0.1, 0.15) is 6.61 Å². The largest absolute Gasteiger partial charge is 0.356 e. The smallest absolute Gasteiger partial charge is 0.254 e. The van der Waals surface area contributed by atoms with Gasteiger partial charge in [0, 0.05) is 33.2 Å². The van der Waals surface area contributed by atoms with Gasteiger partial charge in [0.2, 0.25) is 15.9 Å². The number of nitrogens with zero attached hydrogens (tertiary/aromatic N) is 3. The lowest BCUT2D eigenvalue weighted by molar-refractivity contribution is -0.168. The Morgan fingerprint density at radius 2 is 1.69 bits per heavy atom. The highest BCUT2D eigenvalue weighted by Crippen LogP contribution is 2.30. The lowest BCUT2D eigenvalue weighted by atomic mass is 9.96. The van der Waals surface area contributed by atoms with E-state index in [0.29, 0.717) is 13.1 Å². The highest BCUT2D eigenvalue weighted by Gasteiger charge is 2.43. The summed E-state index contributed by atoms with van der Waals surface area (Å²) in [5.74, 6) is -0.385. The van der Waals surface area contributed by atoms with E-state index in [2.05, 4.69) is 0 Å². The Labute approximate surface area is 172 Å². The molecule has 2 aliphatic rings. The van der Waals surface area contributed by atoms with Gasteiger partial charge >= 0.3 is 0 Å². The van der Waals surface area contributed by atoms with Crippen molar-refractivity contribution in [2.45, 2.75) is 38.2 Å². The molecule has 3 rings (SSSR count). The van der Waals surface area contributed by atoms with E-state index in [1.165, 1.54) is 4.31 Å². The van der Waals surface area contributed by atoms with Gasteiger partial charge in [-0.25, -0.2) is 8.42 Å². The molecule has 0 spiro atoms. The molecule has 0 aliphatic carbocycles. The zero-order valence-corrected chi connectivity index (χ0v) is 18.2. The normalized spacial score (nSPS) is 24.2. The maximum Gasteiger partial charge on any atom is 0.254 e. The number of piperazine rings is 1. The van der Waals surface area contributed by atoms with Crippen LogP contribution >= 0.6 is 0 Å². The zero-order chi connectivity index (χ0) is 21.3. The number of hydrogen-bond donors (Lipinski definition) is 0. The predicted octanol–water partition coefficient (Wildman–Crippen LogP) is 0.776. The fourth-order valence-electron chi connectivity index (χ4n) is 3.72. The van der Waals surface area contributed by atoms with E-state index in [1.54, 1.807) is 30.7 Å². The van der Waals surface area contributed by atoms with Gasteiger partial charge in [0.25, 0.3) is 5.91 Å². The first-order chi connectivity index (χ1) is 13.6. The van der Waals surface area contributed by atoms with Crippen LogP contribution in [0.4, 0.5) is 0 Å². The van der Waals surface area contributed by atoms with Crippen LogP contribution in [-0.4, -0.2) is 85.5 Å². The number of hydrogen-bond acceptors (Lipinski definition) is 5. The molecule has 2 amide bonds. The summed E-state index contributed by atoms with van der Waals surface area (Å²) in [6.07, 6.45) is -0.811. The van der Waals surface area contributed by atoms with E-state index in [9.17, 15) is 18.0 Å². The molecule has 2 atom stereocenters. The maximum atomic E-state index is 13.2. The fraction of sp³-hybridized carbons (Fsp3) is 0.600. The summed E-state index contributed by atoms with van der Waals surface area (Å²) in [6, 6.07) is 7.19. The number of amides is 2. The van der Waals surface area contributed by atoms with Gasteiger partial charge in [-0.1, -0.05) is 29.8 Å². The van der Waals surface area contributed by atoms with Gasteiger partial charge in [0.05, 0.1) is 11.3 Å². The van der Waals surface area contributed by atoms with E-state index in [0.717, 1.165) is 11.1 Å².